The quantitative estimate of drug-likeness (QED) is 0.701. The average Bonchev–Trinajstić information content (AvgIpc) is 2.15. The Bertz CT molecular complexity index is 232. The number of carbonyl (C=O) groups excluding carboxylic acids is 1. The molecule has 1 rings (SSSR count). The van der Waals surface area contributed by atoms with Crippen LogP contribution < -0.4 is 11.5 Å². The number of nitrogens with zero attached hydrogens (tertiary/aromatic N) is 1. The van der Waals surface area contributed by atoms with E-state index in [0.717, 1.165) is 6.54 Å². The maximum absolute atomic E-state index is 11.2. The summed E-state index contributed by atoms with van der Waals surface area (Å²) in [5.74, 6) is 0.903. The van der Waals surface area contributed by atoms with Crippen LogP contribution in [0.15, 0.2) is 0 Å². The first-order valence-electron chi connectivity index (χ1n) is 5.72. The summed E-state index contributed by atoms with van der Waals surface area (Å²) in [5.41, 5.74) is 11.1. The van der Waals surface area contributed by atoms with Crippen LogP contribution in [0.3, 0.4) is 0 Å². The van der Waals surface area contributed by atoms with E-state index < -0.39 is 0 Å². The summed E-state index contributed by atoms with van der Waals surface area (Å²) in [4.78, 5) is 13.4. The minimum Gasteiger partial charge on any atom is -0.368 e. The van der Waals surface area contributed by atoms with Gasteiger partial charge in [-0.1, -0.05) is 13.8 Å². The molecule has 4 nitrogen and oxygen atoms in total. The van der Waals surface area contributed by atoms with E-state index in [1.807, 2.05) is 6.92 Å². The lowest BCUT2D eigenvalue weighted by molar-refractivity contribution is -0.125. The van der Waals surface area contributed by atoms with E-state index in [-0.39, 0.29) is 11.9 Å². The van der Waals surface area contributed by atoms with Gasteiger partial charge in [0.25, 0.3) is 0 Å². The Labute approximate surface area is 92.0 Å². The predicted octanol–water partition coefficient (Wildman–Crippen LogP) is 0.165. The molecule has 0 spiro atoms. The highest BCUT2D eigenvalue weighted by Gasteiger charge is 2.35. The van der Waals surface area contributed by atoms with Gasteiger partial charge in [0.05, 0.1) is 6.04 Å². The standard InChI is InChI=1S/C11H23N3O/c1-7-4-8(2)10(5-12)14(6-7)9(3)11(13)15/h7-10H,4-6,12H2,1-3H3,(H2,13,15). The van der Waals surface area contributed by atoms with Crippen LogP contribution in [0, 0.1) is 11.8 Å². The van der Waals surface area contributed by atoms with E-state index in [4.69, 9.17) is 11.5 Å². The first-order valence-corrected chi connectivity index (χ1v) is 5.72. The van der Waals surface area contributed by atoms with Crippen molar-refractivity contribution in [2.45, 2.75) is 39.3 Å². The van der Waals surface area contributed by atoms with E-state index >= 15 is 0 Å². The number of hydrogen-bond donors (Lipinski definition) is 2. The topological polar surface area (TPSA) is 72.3 Å². The lowest BCUT2D eigenvalue weighted by atomic mass is 9.84. The minimum absolute atomic E-state index is 0.205. The maximum Gasteiger partial charge on any atom is 0.234 e. The molecule has 1 aliphatic heterocycles. The summed E-state index contributed by atoms with van der Waals surface area (Å²) in [7, 11) is 0. The lowest BCUT2D eigenvalue weighted by Gasteiger charge is -2.44. The number of amides is 1. The maximum atomic E-state index is 11.2. The summed E-state index contributed by atoms with van der Waals surface area (Å²) in [6.07, 6.45) is 1.18. The van der Waals surface area contributed by atoms with Gasteiger partial charge < -0.3 is 11.5 Å². The molecule has 0 aromatic rings. The van der Waals surface area contributed by atoms with E-state index in [2.05, 4.69) is 18.7 Å². The molecular weight excluding hydrogens is 190 g/mol. The van der Waals surface area contributed by atoms with Crippen LogP contribution in [0.4, 0.5) is 0 Å². The Morgan fingerprint density at radius 3 is 2.60 bits per heavy atom. The van der Waals surface area contributed by atoms with Crippen molar-refractivity contribution in [3.8, 4) is 0 Å². The predicted molar refractivity (Wildman–Crippen MR) is 61.1 cm³/mol. The van der Waals surface area contributed by atoms with Crippen molar-refractivity contribution in [2.75, 3.05) is 13.1 Å². The molecule has 0 aromatic heterocycles. The van der Waals surface area contributed by atoms with Crippen LogP contribution in [-0.2, 0) is 4.79 Å². The lowest BCUT2D eigenvalue weighted by Crippen LogP contribution is -2.57. The zero-order chi connectivity index (χ0) is 11.6. The highest BCUT2D eigenvalue weighted by molar-refractivity contribution is 5.79. The average molecular weight is 213 g/mol. The van der Waals surface area contributed by atoms with Gasteiger partial charge in [-0.2, -0.15) is 0 Å². The number of likely N-dealkylation sites (tertiary alicyclic amines) is 1. The fourth-order valence-corrected chi connectivity index (χ4v) is 2.66. The van der Waals surface area contributed by atoms with E-state index in [9.17, 15) is 4.79 Å². The summed E-state index contributed by atoms with van der Waals surface area (Å²) < 4.78 is 0. The molecule has 4 unspecified atom stereocenters. The third kappa shape index (κ3) is 2.69. The molecule has 1 saturated heterocycles. The molecular formula is C11H23N3O. The Balaban J connectivity index is 2.77. The van der Waals surface area contributed by atoms with E-state index in [1.54, 1.807) is 0 Å². The van der Waals surface area contributed by atoms with Gasteiger partial charge in [-0.05, 0) is 25.2 Å². The summed E-state index contributed by atoms with van der Waals surface area (Å²) in [5, 5.41) is 0. The molecule has 1 heterocycles. The summed E-state index contributed by atoms with van der Waals surface area (Å²) >= 11 is 0. The number of hydrogen-bond acceptors (Lipinski definition) is 3. The molecule has 1 fully saturated rings. The van der Waals surface area contributed by atoms with E-state index in [0.29, 0.717) is 24.4 Å². The van der Waals surface area contributed by atoms with Gasteiger partial charge in [-0.3, -0.25) is 9.69 Å². The van der Waals surface area contributed by atoms with Gasteiger partial charge in [0.2, 0.25) is 5.91 Å². The first-order chi connectivity index (χ1) is 6.97. The first kappa shape index (κ1) is 12.5. The Kier molecular flexibility index (Phi) is 4.11. The van der Waals surface area contributed by atoms with Crippen LogP contribution in [0.25, 0.3) is 0 Å². The van der Waals surface area contributed by atoms with Gasteiger partial charge in [-0.25, -0.2) is 0 Å². The van der Waals surface area contributed by atoms with Crippen molar-refractivity contribution in [1.82, 2.24) is 4.90 Å². The molecule has 1 amide bonds. The third-order valence-electron chi connectivity index (χ3n) is 3.53. The number of rotatable bonds is 3. The van der Waals surface area contributed by atoms with Gasteiger partial charge >= 0.3 is 0 Å². The molecule has 0 saturated carbocycles. The molecule has 0 radical (unpaired) electrons. The zero-order valence-electron chi connectivity index (χ0n) is 9.94. The van der Waals surface area contributed by atoms with Crippen molar-refractivity contribution < 1.29 is 4.79 Å². The Morgan fingerprint density at radius 2 is 2.13 bits per heavy atom. The third-order valence-corrected chi connectivity index (χ3v) is 3.53. The second kappa shape index (κ2) is 4.94. The monoisotopic (exact) mass is 213 g/mol. The van der Waals surface area contributed by atoms with Crippen LogP contribution in [0.1, 0.15) is 27.2 Å². The molecule has 1 aliphatic rings. The molecule has 0 aromatic carbocycles. The van der Waals surface area contributed by atoms with Crippen LogP contribution in [0.5, 0.6) is 0 Å². The SMILES string of the molecule is CC1CC(C)C(CN)N(C(C)C(N)=O)C1. The fraction of sp³-hybridized carbons (Fsp3) is 0.909. The van der Waals surface area contributed by atoms with Crippen LogP contribution >= 0.6 is 0 Å². The normalized spacial score (nSPS) is 35.1. The number of carbonyl (C=O) groups is 1. The highest BCUT2D eigenvalue weighted by atomic mass is 16.1. The fourth-order valence-electron chi connectivity index (χ4n) is 2.66. The van der Waals surface area contributed by atoms with Crippen molar-refractivity contribution in [3.05, 3.63) is 0 Å². The minimum atomic E-state index is -0.255. The van der Waals surface area contributed by atoms with E-state index in [1.165, 1.54) is 6.42 Å². The summed E-state index contributed by atoms with van der Waals surface area (Å²) in [6, 6.07) is 0.0902. The van der Waals surface area contributed by atoms with Gasteiger partial charge in [0.1, 0.15) is 0 Å². The van der Waals surface area contributed by atoms with Gasteiger partial charge in [-0.15, -0.1) is 0 Å². The van der Waals surface area contributed by atoms with Gasteiger partial charge in [0.15, 0.2) is 0 Å². The molecule has 4 N–H and O–H groups in total. The van der Waals surface area contributed by atoms with Crippen molar-refractivity contribution in [1.29, 1.82) is 0 Å². The van der Waals surface area contributed by atoms with Gasteiger partial charge in [0, 0.05) is 19.1 Å². The number of piperidine rings is 1. The number of primary amides is 1. The van der Waals surface area contributed by atoms with Crippen molar-refractivity contribution in [2.24, 2.45) is 23.3 Å². The smallest absolute Gasteiger partial charge is 0.234 e. The zero-order valence-corrected chi connectivity index (χ0v) is 9.94. The Hall–Kier alpha value is -0.610. The highest BCUT2D eigenvalue weighted by Crippen LogP contribution is 2.28. The Morgan fingerprint density at radius 1 is 1.53 bits per heavy atom. The van der Waals surface area contributed by atoms with Crippen molar-refractivity contribution in [3.63, 3.8) is 0 Å². The molecule has 0 bridgehead atoms. The second-order valence-corrected chi connectivity index (χ2v) is 4.90. The number of nitrogens with two attached hydrogens (primary N) is 2. The molecule has 4 heteroatoms. The molecule has 4 atom stereocenters. The van der Waals surface area contributed by atoms with Crippen molar-refractivity contribution >= 4 is 5.91 Å². The second-order valence-electron chi connectivity index (χ2n) is 4.90. The largest absolute Gasteiger partial charge is 0.368 e. The van der Waals surface area contributed by atoms with Crippen LogP contribution in [0.2, 0.25) is 0 Å². The molecule has 88 valence electrons. The summed E-state index contributed by atoms with van der Waals surface area (Å²) in [6.45, 7) is 7.81. The molecule has 0 aliphatic carbocycles. The molecule has 15 heavy (non-hydrogen) atoms. The van der Waals surface area contributed by atoms with Crippen LogP contribution in [-0.4, -0.2) is 36.0 Å².